The number of rotatable bonds is 3. The van der Waals surface area contributed by atoms with Crippen molar-refractivity contribution in [2.75, 3.05) is 0 Å². The first-order chi connectivity index (χ1) is 11.9. The van der Waals surface area contributed by atoms with Crippen molar-refractivity contribution in [3.8, 4) is 11.1 Å². The van der Waals surface area contributed by atoms with E-state index in [1.54, 1.807) is 0 Å². The summed E-state index contributed by atoms with van der Waals surface area (Å²) in [5.74, 6) is -2.56. The van der Waals surface area contributed by atoms with Crippen LogP contribution >= 0.6 is 0 Å². The van der Waals surface area contributed by atoms with E-state index >= 15 is 0 Å². The Morgan fingerprint density at radius 2 is 1.56 bits per heavy atom. The van der Waals surface area contributed by atoms with Crippen LogP contribution < -0.4 is 0 Å². The highest BCUT2D eigenvalue weighted by atomic mass is 16.7. The predicted molar refractivity (Wildman–Crippen MR) is 95.5 cm³/mol. The number of hydrogen-bond donors (Lipinski definition) is 0. The largest absolute Gasteiger partial charge is 0.419 e. The Morgan fingerprint density at radius 1 is 0.920 bits per heavy atom. The molecule has 0 aliphatic carbocycles. The Morgan fingerprint density at radius 3 is 2.16 bits per heavy atom. The second-order valence-corrected chi connectivity index (χ2v) is 6.41. The molecule has 4 heteroatoms. The van der Waals surface area contributed by atoms with Crippen LogP contribution in [0.25, 0.3) is 17.2 Å². The Labute approximate surface area is 147 Å². The third-order valence-electron chi connectivity index (χ3n) is 4.01. The Balaban J connectivity index is 1.91. The molecule has 128 valence electrons. The highest BCUT2D eigenvalue weighted by Gasteiger charge is 2.38. The topological polar surface area (TPSA) is 52.6 Å². The lowest BCUT2D eigenvalue weighted by Crippen LogP contribution is -2.41. The van der Waals surface area contributed by atoms with Crippen LogP contribution in [-0.2, 0) is 25.5 Å². The van der Waals surface area contributed by atoms with Crippen molar-refractivity contribution in [1.82, 2.24) is 0 Å². The molecular formula is C21H20O4. The lowest BCUT2D eigenvalue weighted by atomic mass is 10.00. The van der Waals surface area contributed by atoms with Gasteiger partial charge in [-0.2, -0.15) is 0 Å². The van der Waals surface area contributed by atoms with E-state index in [4.69, 9.17) is 9.47 Å². The maximum atomic E-state index is 12.1. The van der Waals surface area contributed by atoms with Crippen LogP contribution in [0, 0.1) is 0 Å². The van der Waals surface area contributed by atoms with Gasteiger partial charge in [0.2, 0.25) is 0 Å². The molecule has 25 heavy (non-hydrogen) atoms. The summed E-state index contributed by atoms with van der Waals surface area (Å²) in [6.07, 6.45) is 2.50. The molecule has 0 spiro atoms. The number of aryl methyl sites for hydroxylation is 1. The van der Waals surface area contributed by atoms with Crippen molar-refractivity contribution < 1.29 is 19.1 Å². The molecule has 2 aromatic rings. The number of ether oxygens (including phenoxy) is 2. The van der Waals surface area contributed by atoms with Gasteiger partial charge in [0.15, 0.2) is 0 Å². The molecule has 0 saturated carbocycles. The zero-order chi connectivity index (χ0) is 18.0. The number of esters is 2. The predicted octanol–water partition coefficient (Wildman–Crippen LogP) is 4.14. The van der Waals surface area contributed by atoms with Crippen molar-refractivity contribution in [3.63, 3.8) is 0 Å². The molecule has 0 amide bonds. The normalized spacial score (nSPS) is 16.2. The highest BCUT2D eigenvalue weighted by Crippen LogP contribution is 2.26. The average molecular weight is 336 g/mol. The van der Waals surface area contributed by atoms with Gasteiger partial charge in [-0.25, -0.2) is 9.59 Å². The molecule has 0 N–H and O–H groups in total. The fraction of sp³-hybridized carbons (Fsp3) is 0.238. The molecule has 0 bridgehead atoms. The minimum Gasteiger partial charge on any atom is -0.419 e. The quantitative estimate of drug-likeness (QED) is 0.480. The molecule has 1 heterocycles. The zero-order valence-corrected chi connectivity index (χ0v) is 14.5. The van der Waals surface area contributed by atoms with E-state index in [-0.39, 0.29) is 5.57 Å². The number of carbonyl (C=O) groups is 2. The van der Waals surface area contributed by atoms with E-state index < -0.39 is 17.7 Å². The highest BCUT2D eigenvalue weighted by molar-refractivity contribution is 6.18. The lowest BCUT2D eigenvalue weighted by Gasteiger charge is -2.29. The number of carbonyl (C=O) groups excluding carboxylic acids is 2. The van der Waals surface area contributed by atoms with Gasteiger partial charge >= 0.3 is 11.9 Å². The fourth-order valence-corrected chi connectivity index (χ4v) is 2.69. The summed E-state index contributed by atoms with van der Waals surface area (Å²) in [6.45, 7) is 5.17. The summed E-state index contributed by atoms with van der Waals surface area (Å²) in [5, 5.41) is 0. The third kappa shape index (κ3) is 3.79. The summed E-state index contributed by atoms with van der Waals surface area (Å²) in [5.41, 5.74) is 4.00. The molecule has 1 fully saturated rings. The van der Waals surface area contributed by atoms with Crippen molar-refractivity contribution in [3.05, 3.63) is 65.2 Å². The van der Waals surface area contributed by atoms with Crippen LogP contribution in [0.1, 0.15) is 31.9 Å². The SMILES string of the molecule is CCc1ccc(-c2cccc(C=C3C(=O)OC(C)(C)OC3=O)c2)cc1. The summed E-state index contributed by atoms with van der Waals surface area (Å²) < 4.78 is 10.2. The van der Waals surface area contributed by atoms with E-state index in [0.717, 1.165) is 23.1 Å². The Kier molecular flexibility index (Phi) is 4.45. The van der Waals surface area contributed by atoms with Gasteiger partial charge in [0.25, 0.3) is 5.79 Å². The zero-order valence-electron chi connectivity index (χ0n) is 14.5. The minimum absolute atomic E-state index is 0.0993. The molecule has 1 aliphatic heterocycles. The van der Waals surface area contributed by atoms with Gasteiger partial charge in [0.1, 0.15) is 5.57 Å². The van der Waals surface area contributed by atoms with Crippen LogP contribution in [0.2, 0.25) is 0 Å². The van der Waals surface area contributed by atoms with E-state index in [0.29, 0.717) is 0 Å². The molecule has 1 saturated heterocycles. The van der Waals surface area contributed by atoms with Crippen LogP contribution in [0.5, 0.6) is 0 Å². The first kappa shape index (κ1) is 17.0. The Hall–Kier alpha value is -2.88. The van der Waals surface area contributed by atoms with Crippen LogP contribution in [0.3, 0.4) is 0 Å². The third-order valence-corrected chi connectivity index (χ3v) is 4.01. The lowest BCUT2D eigenvalue weighted by molar-refractivity contribution is -0.222. The van der Waals surface area contributed by atoms with Gasteiger partial charge in [-0.05, 0) is 40.8 Å². The van der Waals surface area contributed by atoms with Gasteiger partial charge in [0.05, 0.1) is 0 Å². The van der Waals surface area contributed by atoms with Crippen molar-refractivity contribution in [2.24, 2.45) is 0 Å². The second kappa shape index (κ2) is 6.55. The second-order valence-electron chi connectivity index (χ2n) is 6.41. The van der Waals surface area contributed by atoms with Gasteiger partial charge < -0.3 is 9.47 Å². The number of benzene rings is 2. The standard InChI is InChI=1S/C21H20O4/c1-4-14-8-10-16(11-9-14)17-7-5-6-15(12-17)13-18-19(22)24-21(2,3)25-20(18)23/h5-13H,4H2,1-3H3. The minimum atomic E-state index is -1.23. The molecule has 2 aromatic carbocycles. The Bertz CT molecular complexity index is 822. The molecule has 0 unspecified atom stereocenters. The summed E-state index contributed by atoms with van der Waals surface area (Å²) >= 11 is 0. The average Bonchev–Trinajstić information content (AvgIpc) is 2.58. The summed E-state index contributed by atoms with van der Waals surface area (Å²) in [6, 6.07) is 16.0. The first-order valence-corrected chi connectivity index (χ1v) is 8.26. The molecular weight excluding hydrogens is 316 g/mol. The molecule has 0 radical (unpaired) electrons. The van der Waals surface area contributed by atoms with E-state index in [9.17, 15) is 9.59 Å². The number of cyclic esters (lactones) is 2. The maximum absolute atomic E-state index is 12.1. The maximum Gasteiger partial charge on any atom is 0.348 e. The van der Waals surface area contributed by atoms with E-state index in [1.165, 1.54) is 25.5 Å². The van der Waals surface area contributed by atoms with Crippen molar-refractivity contribution in [1.29, 1.82) is 0 Å². The summed E-state index contributed by atoms with van der Waals surface area (Å²) in [7, 11) is 0. The van der Waals surface area contributed by atoms with E-state index in [1.807, 2.05) is 24.3 Å². The number of hydrogen-bond acceptors (Lipinski definition) is 4. The van der Waals surface area contributed by atoms with Crippen LogP contribution in [0.15, 0.2) is 54.1 Å². The van der Waals surface area contributed by atoms with E-state index in [2.05, 4.69) is 31.2 Å². The first-order valence-electron chi connectivity index (χ1n) is 8.26. The van der Waals surface area contributed by atoms with Crippen molar-refractivity contribution >= 4 is 18.0 Å². The van der Waals surface area contributed by atoms with Gasteiger partial charge in [-0.15, -0.1) is 0 Å². The van der Waals surface area contributed by atoms with Crippen molar-refractivity contribution in [2.45, 2.75) is 33.0 Å². The molecule has 1 aliphatic rings. The van der Waals surface area contributed by atoms with Gasteiger partial charge in [-0.1, -0.05) is 49.4 Å². The van der Waals surface area contributed by atoms with Crippen LogP contribution in [0.4, 0.5) is 0 Å². The fourth-order valence-electron chi connectivity index (χ4n) is 2.69. The summed E-state index contributed by atoms with van der Waals surface area (Å²) in [4.78, 5) is 24.1. The monoisotopic (exact) mass is 336 g/mol. The van der Waals surface area contributed by atoms with Gasteiger partial charge in [-0.3, -0.25) is 0 Å². The smallest absolute Gasteiger partial charge is 0.348 e. The van der Waals surface area contributed by atoms with Gasteiger partial charge in [0, 0.05) is 13.8 Å². The van der Waals surface area contributed by atoms with Crippen LogP contribution in [-0.4, -0.2) is 17.7 Å². The molecule has 3 rings (SSSR count). The molecule has 4 nitrogen and oxygen atoms in total. The molecule has 0 aromatic heterocycles. The molecule has 0 atom stereocenters.